The number of nitriles is 1. The van der Waals surface area contributed by atoms with Gasteiger partial charge in [-0.1, -0.05) is 38.1 Å². The van der Waals surface area contributed by atoms with Gasteiger partial charge in [-0.05, 0) is 37.3 Å². The van der Waals surface area contributed by atoms with E-state index in [2.05, 4.69) is 32.0 Å². The molecule has 1 atom stereocenters. The summed E-state index contributed by atoms with van der Waals surface area (Å²) in [6, 6.07) is 10.4. The fraction of sp³-hybridized carbons (Fsp3) is 0.286. The van der Waals surface area contributed by atoms with Crippen LogP contribution >= 0.6 is 11.3 Å². The van der Waals surface area contributed by atoms with Crippen LogP contribution in [0.15, 0.2) is 35.9 Å². The number of carbonyl (C=O) groups is 2. The maximum absolute atomic E-state index is 12.3. The Labute approximate surface area is 157 Å². The van der Waals surface area contributed by atoms with Gasteiger partial charge in [0.15, 0.2) is 0 Å². The SMILES string of the molecule is CCC(C)c1ccc(-c2c(C)sc(N3C(=O)C=C(C)C3=O)c2C#N)cc1. The molecular formula is C21H20N2O2S. The standard InChI is InChI=1S/C21H20N2O2S/c1-5-12(2)15-6-8-16(9-7-15)19-14(4)26-21(17(19)11-22)23-18(24)10-13(3)20(23)25/h6-10,12H,5H2,1-4H3. The van der Waals surface area contributed by atoms with E-state index in [-0.39, 0.29) is 11.8 Å². The van der Waals surface area contributed by atoms with Crippen molar-refractivity contribution in [2.45, 2.75) is 40.0 Å². The Kier molecular flexibility index (Phi) is 4.80. The lowest BCUT2D eigenvalue weighted by atomic mass is 9.95. The highest BCUT2D eigenvalue weighted by Gasteiger charge is 2.34. The van der Waals surface area contributed by atoms with Gasteiger partial charge in [-0.3, -0.25) is 9.59 Å². The summed E-state index contributed by atoms with van der Waals surface area (Å²) in [7, 11) is 0. The van der Waals surface area contributed by atoms with Crippen LogP contribution in [0.25, 0.3) is 11.1 Å². The number of nitrogens with zero attached hydrogens (tertiary/aromatic N) is 2. The van der Waals surface area contributed by atoms with E-state index in [0.717, 1.165) is 27.3 Å². The third-order valence-electron chi connectivity index (χ3n) is 4.86. The zero-order chi connectivity index (χ0) is 19.0. The average Bonchev–Trinajstić information content (AvgIpc) is 3.09. The number of rotatable bonds is 4. The minimum absolute atomic E-state index is 0.355. The molecule has 132 valence electrons. The van der Waals surface area contributed by atoms with Gasteiger partial charge in [-0.25, -0.2) is 4.90 Å². The molecular weight excluding hydrogens is 344 g/mol. The van der Waals surface area contributed by atoms with Crippen molar-refractivity contribution in [3.63, 3.8) is 0 Å². The van der Waals surface area contributed by atoms with Gasteiger partial charge >= 0.3 is 0 Å². The summed E-state index contributed by atoms with van der Waals surface area (Å²) in [5.41, 5.74) is 3.76. The Morgan fingerprint density at radius 1 is 1.19 bits per heavy atom. The van der Waals surface area contributed by atoms with Crippen LogP contribution in [0.2, 0.25) is 0 Å². The van der Waals surface area contributed by atoms with E-state index in [4.69, 9.17) is 0 Å². The van der Waals surface area contributed by atoms with Crippen molar-refractivity contribution in [1.29, 1.82) is 5.26 Å². The molecule has 0 saturated heterocycles. The minimum Gasteiger partial charge on any atom is -0.269 e. The number of amides is 2. The topological polar surface area (TPSA) is 61.2 Å². The van der Waals surface area contributed by atoms with E-state index in [1.807, 2.05) is 19.1 Å². The summed E-state index contributed by atoms with van der Waals surface area (Å²) in [6.45, 7) is 7.87. The second kappa shape index (κ2) is 6.89. The molecule has 2 aromatic rings. The number of anilines is 1. The molecule has 1 aromatic carbocycles. The van der Waals surface area contributed by atoms with E-state index in [9.17, 15) is 14.9 Å². The number of thiophene rings is 1. The van der Waals surface area contributed by atoms with Crippen molar-refractivity contribution in [3.8, 4) is 17.2 Å². The molecule has 1 unspecified atom stereocenters. The molecule has 0 N–H and O–H groups in total. The van der Waals surface area contributed by atoms with E-state index < -0.39 is 0 Å². The Bertz CT molecular complexity index is 961. The average molecular weight is 364 g/mol. The summed E-state index contributed by atoms with van der Waals surface area (Å²) in [4.78, 5) is 26.6. The van der Waals surface area contributed by atoms with Gasteiger partial charge in [0.05, 0.1) is 5.56 Å². The minimum atomic E-state index is -0.385. The molecule has 2 amide bonds. The second-order valence-electron chi connectivity index (χ2n) is 6.56. The van der Waals surface area contributed by atoms with Gasteiger partial charge in [0, 0.05) is 22.1 Å². The molecule has 1 aliphatic heterocycles. The fourth-order valence-electron chi connectivity index (χ4n) is 3.13. The third-order valence-corrected chi connectivity index (χ3v) is 5.95. The zero-order valence-corrected chi connectivity index (χ0v) is 16.1. The molecule has 3 rings (SSSR count). The summed E-state index contributed by atoms with van der Waals surface area (Å²) >= 11 is 1.31. The van der Waals surface area contributed by atoms with Crippen molar-refractivity contribution in [2.75, 3.05) is 4.90 Å². The molecule has 0 aliphatic carbocycles. The van der Waals surface area contributed by atoms with Crippen LogP contribution in [0.3, 0.4) is 0 Å². The van der Waals surface area contributed by atoms with Crippen LogP contribution < -0.4 is 4.90 Å². The molecule has 0 saturated carbocycles. The quantitative estimate of drug-likeness (QED) is 0.723. The van der Waals surface area contributed by atoms with E-state index in [1.54, 1.807) is 6.92 Å². The molecule has 4 nitrogen and oxygen atoms in total. The lowest BCUT2D eigenvalue weighted by molar-refractivity contribution is -0.120. The van der Waals surface area contributed by atoms with Crippen LogP contribution in [-0.4, -0.2) is 11.8 Å². The lowest BCUT2D eigenvalue weighted by Gasteiger charge is -2.13. The molecule has 0 fully saturated rings. The van der Waals surface area contributed by atoms with Crippen molar-refractivity contribution in [3.05, 3.63) is 51.9 Å². The second-order valence-corrected chi connectivity index (χ2v) is 7.77. The van der Waals surface area contributed by atoms with Crippen LogP contribution in [0.4, 0.5) is 5.00 Å². The van der Waals surface area contributed by atoms with Crippen LogP contribution in [0.5, 0.6) is 0 Å². The molecule has 1 aliphatic rings. The number of hydrogen-bond acceptors (Lipinski definition) is 4. The van der Waals surface area contributed by atoms with Crippen molar-refractivity contribution in [2.24, 2.45) is 0 Å². The molecule has 0 spiro atoms. The monoisotopic (exact) mass is 364 g/mol. The predicted molar refractivity (Wildman–Crippen MR) is 104 cm³/mol. The van der Waals surface area contributed by atoms with Gasteiger partial charge in [0.2, 0.25) is 0 Å². The van der Waals surface area contributed by atoms with Crippen molar-refractivity contribution < 1.29 is 9.59 Å². The number of carbonyl (C=O) groups excluding carboxylic acids is 2. The molecule has 26 heavy (non-hydrogen) atoms. The van der Waals surface area contributed by atoms with Gasteiger partial charge in [-0.15, -0.1) is 11.3 Å². The normalized spacial score (nSPS) is 15.2. The summed E-state index contributed by atoms with van der Waals surface area (Å²) in [5, 5.41) is 10.2. The lowest BCUT2D eigenvalue weighted by Crippen LogP contribution is -2.30. The van der Waals surface area contributed by atoms with Crippen LogP contribution in [0, 0.1) is 18.3 Å². The first-order valence-electron chi connectivity index (χ1n) is 8.59. The van der Waals surface area contributed by atoms with Crippen molar-refractivity contribution in [1.82, 2.24) is 0 Å². The number of benzene rings is 1. The summed E-state index contributed by atoms with van der Waals surface area (Å²) in [6.07, 6.45) is 2.38. The maximum atomic E-state index is 12.3. The smallest absolute Gasteiger partial charge is 0.261 e. The Balaban J connectivity index is 2.08. The largest absolute Gasteiger partial charge is 0.269 e. The Morgan fingerprint density at radius 2 is 1.85 bits per heavy atom. The van der Waals surface area contributed by atoms with E-state index >= 15 is 0 Å². The van der Waals surface area contributed by atoms with Gasteiger partial charge in [0.1, 0.15) is 11.1 Å². The van der Waals surface area contributed by atoms with Gasteiger partial charge in [0.25, 0.3) is 11.8 Å². The third kappa shape index (κ3) is 2.87. The highest BCUT2D eigenvalue weighted by atomic mass is 32.1. The number of hydrogen-bond donors (Lipinski definition) is 0. The van der Waals surface area contributed by atoms with Crippen LogP contribution in [-0.2, 0) is 9.59 Å². The van der Waals surface area contributed by atoms with E-state index in [1.165, 1.54) is 23.0 Å². The van der Waals surface area contributed by atoms with Crippen LogP contribution in [0.1, 0.15) is 49.1 Å². The van der Waals surface area contributed by atoms with Crippen molar-refractivity contribution >= 4 is 28.2 Å². The molecule has 2 heterocycles. The summed E-state index contributed by atoms with van der Waals surface area (Å²) < 4.78 is 0. The molecule has 0 radical (unpaired) electrons. The Hall–Kier alpha value is -2.71. The first-order valence-corrected chi connectivity index (χ1v) is 9.41. The van der Waals surface area contributed by atoms with E-state index in [0.29, 0.717) is 22.1 Å². The highest BCUT2D eigenvalue weighted by Crippen LogP contribution is 2.43. The van der Waals surface area contributed by atoms with Gasteiger partial charge < -0.3 is 0 Å². The number of aryl methyl sites for hydroxylation is 1. The predicted octanol–water partition coefficient (Wildman–Crippen LogP) is 4.93. The first kappa shape index (κ1) is 18.1. The maximum Gasteiger partial charge on any atom is 0.261 e. The Morgan fingerprint density at radius 3 is 2.35 bits per heavy atom. The molecule has 0 bridgehead atoms. The first-order chi connectivity index (χ1) is 12.4. The van der Waals surface area contributed by atoms with Gasteiger partial charge in [-0.2, -0.15) is 5.26 Å². The fourth-order valence-corrected chi connectivity index (χ4v) is 4.26. The zero-order valence-electron chi connectivity index (χ0n) is 15.3. The molecule has 5 heteroatoms. The highest BCUT2D eigenvalue weighted by molar-refractivity contribution is 7.17. The molecule has 1 aromatic heterocycles. The summed E-state index contributed by atoms with van der Waals surface area (Å²) in [5.74, 6) is -0.261. The number of imide groups is 1.